The number of aryl methyl sites for hydroxylation is 1. The van der Waals surface area contributed by atoms with Crippen LogP contribution in [-0.2, 0) is 11.3 Å². The smallest absolute Gasteiger partial charge is 0.390 e. The van der Waals surface area contributed by atoms with E-state index in [1.54, 1.807) is 19.1 Å². The van der Waals surface area contributed by atoms with Crippen molar-refractivity contribution in [2.75, 3.05) is 21.3 Å². The van der Waals surface area contributed by atoms with Crippen molar-refractivity contribution in [1.29, 1.82) is 0 Å². The van der Waals surface area contributed by atoms with Gasteiger partial charge in [-0.1, -0.05) is 0 Å². The lowest BCUT2D eigenvalue weighted by Crippen LogP contribution is -2.24. The Kier molecular flexibility index (Phi) is 6.31. The van der Waals surface area contributed by atoms with Gasteiger partial charge in [0.05, 0.1) is 50.0 Å². The standard InChI is InChI=1S/C16H19N5O6/c1-10-5-15(21(23)24)19-20(10)9-16(22)18-17-8-12-13(26-3)6-11(25-2)7-14(12)27-4/h5-8H,9H2,1-4H3,(H,18,22)/b17-8+. The molecule has 0 aliphatic carbocycles. The molecule has 0 unspecified atom stereocenters. The van der Waals surface area contributed by atoms with Gasteiger partial charge in [0.25, 0.3) is 5.91 Å². The van der Waals surface area contributed by atoms with E-state index in [9.17, 15) is 14.9 Å². The molecule has 0 saturated carbocycles. The summed E-state index contributed by atoms with van der Waals surface area (Å²) in [7, 11) is 4.48. The molecule has 1 aromatic carbocycles. The minimum absolute atomic E-state index is 0.214. The maximum atomic E-state index is 12.0. The van der Waals surface area contributed by atoms with Gasteiger partial charge in [0, 0.05) is 12.1 Å². The van der Waals surface area contributed by atoms with Gasteiger partial charge in [-0.3, -0.25) is 4.79 Å². The molecule has 0 fully saturated rings. The Hall–Kier alpha value is -3.63. The van der Waals surface area contributed by atoms with Gasteiger partial charge in [-0.2, -0.15) is 9.78 Å². The number of aromatic nitrogens is 2. The number of hydrazone groups is 1. The summed E-state index contributed by atoms with van der Waals surface area (Å²) in [5.41, 5.74) is 3.33. The number of nitrogens with zero attached hydrogens (tertiary/aromatic N) is 4. The number of ether oxygens (including phenoxy) is 3. The summed E-state index contributed by atoms with van der Waals surface area (Å²) in [6.45, 7) is 1.40. The molecule has 27 heavy (non-hydrogen) atoms. The third-order valence-electron chi connectivity index (χ3n) is 3.58. The fourth-order valence-corrected chi connectivity index (χ4v) is 2.24. The number of hydrogen-bond donors (Lipinski definition) is 1. The van der Waals surface area contributed by atoms with Crippen LogP contribution in [0, 0.1) is 17.0 Å². The maximum Gasteiger partial charge on any atom is 0.390 e. The Morgan fingerprint density at radius 2 is 1.89 bits per heavy atom. The summed E-state index contributed by atoms with van der Waals surface area (Å²) in [6.07, 6.45) is 1.37. The number of amides is 1. The second kappa shape index (κ2) is 8.65. The van der Waals surface area contributed by atoms with E-state index in [1.807, 2.05) is 0 Å². The lowest BCUT2D eigenvalue weighted by Gasteiger charge is -2.12. The molecule has 2 aromatic rings. The summed E-state index contributed by atoms with van der Waals surface area (Å²) in [6, 6.07) is 4.58. The molecule has 1 N–H and O–H groups in total. The third kappa shape index (κ3) is 4.71. The van der Waals surface area contributed by atoms with Crippen LogP contribution in [0.3, 0.4) is 0 Å². The average molecular weight is 377 g/mol. The average Bonchev–Trinajstić information content (AvgIpc) is 3.02. The van der Waals surface area contributed by atoms with Crippen LogP contribution in [0.15, 0.2) is 23.3 Å². The Bertz CT molecular complexity index is 851. The highest BCUT2D eigenvalue weighted by molar-refractivity contribution is 5.89. The molecular weight excluding hydrogens is 358 g/mol. The number of methoxy groups -OCH3 is 3. The molecule has 1 heterocycles. The number of nitrogens with one attached hydrogen (secondary N) is 1. The maximum absolute atomic E-state index is 12.0. The molecule has 0 aliphatic heterocycles. The van der Waals surface area contributed by atoms with E-state index in [4.69, 9.17) is 14.2 Å². The first-order valence-corrected chi connectivity index (χ1v) is 7.70. The summed E-state index contributed by atoms with van der Waals surface area (Å²) in [5.74, 6) is 0.612. The fraction of sp³-hybridized carbons (Fsp3) is 0.312. The number of hydrogen-bond acceptors (Lipinski definition) is 8. The van der Waals surface area contributed by atoms with Gasteiger partial charge >= 0.3 is 5.82 Å². The summed E-state index contributed by atoms with van der Waals surface area (Å²) in [4.78, 5) is 22.1. The molecule has 0 radical (unpaired) electrons. The van der Waals surface area contributed by atoms with Gasteiger partial charge in [0.2, 0.25) is 0 Å². The SMILES string of the molecule is COc1cc(OC)c(/C=N/NC(=O)Cn2nc([N+](=O)[O-])cc2C)c(OC)c1. The summed E-state index contributed by atoms with van der Waals surface area (Å²) >= 11 is 0. The first kappa shape index (κ1) is 19.7. The van der Waals surface area contributed by atoms with E-state index in [0.717, 1.165) is 0 Å². The van der Waals surface area contributed by atoms with Gasteiger partial charge < -0.3 is 24.3 Å². The lowest BCUT2D eigenvalue weighted by atomic mass is 10.2. The molecule has 0 aliphatic rings. The van der Waals surface area contributed by atoms with E-state index in [2.05, 4.69) is 15.6 Å². The highest BCUT2D eigenvalue weighted by Crippen LogP contribution is 2.32. The highest BCUT2D eigenvalue weighted by atomic mass is 16.6. The summed E-state index contributed by atoms with van der Waals surface area (Å²) < 4.78 is 16.9. The zero-order valence-corrected chi connectivity index (χ0v) is 15.3. The molecule has 11 heteroatoms. The van der Waals surface area contributed by atoms with E-state index in [-0.39, 0.29) is 12.4 Å². The van der Waals surface area contributed by atoms with Crippen molar-refractivity contribution in [3.05, 3.63) is 39.6 Å². The molecular formula is C16H19N5O6. The molecule has 144 valence electrons. The fourth-order valence-electron chi connectivity index (χ4n) is 2.24. The van der Waals surface area contributed by atoms with E-state index in [1.165, 1.54) is 38.3 Å². The van der Waals surface area contributed by atoms with Gasteiger partial charge in [-0.05, 0) is 11.8 Å². The van der Waals surface area contributed by atoms with Crippen molar-refractivity contribution in [3.63, 3.8) is 0 Å². The van der Waals surface area contributed by atoms with Crippen LogP contribution in [0.5, 0.6) is 17.2 Å². The molecule has 2 rings (SSSR count). The van der Waals surface area contributed by atoms with Crippen LogP contribution in [0.1, 0.15) is 11.3 Å². The molecule has 0 saturated heterocycles. The molecule has 0 spiro atoms. The molecule has 0 bridgehead atoms. The van der Waals surface area contributed by atoms with Gasteiger partial charge in [0.1, 0.15) is 23.8 Å². The predicted octanol–water partition coefficient (Wildman–Crippen LogP) is 1.28. The van der Waals surface area contributed by atoms with Gasteiger partial charge in [-0.15, -0.1) is 0 Å². The molecule has 1 aromatic heterocycles. The van der Waals surface area contributed by atoms with Crippen LogP contribution >= 0.6 is 0 Å². The Labute approximate surface area is 154 Å². The van der Waals surface area contributed by atoms with Gasteiger partial charge in [-0.25, -0.2) is 5.43 Å². The van der Waals surface area contributed by atoms with Crippen molar-refractivity contribution in [2.24, 2.45) is 5.10 Å². The van der Waals surface area contributed by atoms with Gasteiger partial charge in [0.15, 0.2) is 0 Å². The first-order valence-electron chi connectivity index (χ1n) is 7.70. The first-order chi connectivity index (χ1) is 12.9. The second-order valence-electron chi connectivity index (χ2n) is 5.30. The number of carbonyl (C=O) groups excluding carboxylic acids is 1. The quantitative estimate of drug-likeness (QED) is 0.416. The van der Waals surface area contributed by atoms with E-state index < -0.39 is 10.8 Å². The van der Waals surface area contributed by atoms with E-state index in [0.29, 0.717) is 28.5 Å². The number of rotatable bonds is 8. The lowest BCUT2D eigenvalue weighted by molar-refractivity contribution is -0.389. The van der Waals surface area contributed by atoms with Crippen LogP contribution in [0.2, 0.25) is 0 Å². The van der Waals surface area contributed by atoms with Crippen LogP contribution in [-0.4, -0.2) is 48.2 Å². The van der Waals surface area contributed by atoms with Crippen LogP contribution < -0.4 is 19.6 Å². The minimum atomic E-state index is -0.623. The van der Waals surface area contributed by atoms with Crippen LogP contribution in [0.4, 0.5) is 5.82 Å². The number of benzene rings is 1. The zero-order valence-electron chi connectivity index (χ0n) is 15.3. The normalized spacial score (nSPS) is 10.7. The van der Waals surface area contributed by atoms with E-state index >= 15 is 0 Å². The third-order valence-corrected chi connectivity index (χ3v) is 3.58. The monoisotopic (exact) mass is 377 g/mol. The summed E-state index contributed by atoms with van der Waals surface area (Å²) in [5, 5.41) is 18.3. The van der Waals surface area contributed by atoms with Crippen molar-refractivity contribution < 1.29 is 23.9 Å². The zero-order chi connectivity index (χ0) is 20.0. The Balaban J connectivity index is 2.11. The Morgan fingerprint density at radius 3 is 2.37 bits per heavy atom. The molecule has 1 amide bonds. The van der Waals surface area contributed by atoms with Crippen molar-refractivity contribution in [2.45, 2.75) is 13.5 Å². The molecule has 11 nitrogen and oxygen atoms in total. The van der Waals surface area contributed by atoms with Crippen molar-refractivity contribution in [1.82, 2.24) is 15.2 Å². The molecule has 0 atom stereocenters. The predicted molar refractivity (Wildman–Crippen MR) is 95.5 cm³/mol. The highest BCUT2D eigenvalue weighted by Gasteiger charge is 2.17. The Morgan fingerprint density at radius 1 is 1.26 bits per heavy atom. The number of carbonyl (C=O) groups is 1. The minimum Gasteiger partial charge on any atom is -0.496 e. The topological polar surface area (TPSA) is 130 Å². The second-order valence-corrected chi connectivity index (χ2v) is 5.30. The van der Waals surface area contributed by atoms with Crippen molar-refractivity contribution in [3.8, 4) is 17.2 Å². The largest absolute Gasteiger partial charge is 0.496 e. The van der Waals surface area contributed by atoms with Crippen molar-refractivity contribution >= 4 is 17.9 Å². The van der Waals surface area contributed by atoms with Crippen LogP contribution in [0.25, 0.3) is 0 Å². The number of nitro groups is 1.